The second-order valence-electron chi connectivity index (χ2n) is 6.07. The standard InChI is InChI=1S/C13H26N2O2/c1-12(2,11(14)17)8-15-9-13(10-16)6-4-3-5-7-13/h15-16H,3-10H2,1-2H3,(H2,14,17). The van der Waals surface area contributed by atoms with Crippen LogP contribution in [0.25, 0.3) is 0 Å². The molecule has 0 aromatic carbocycles. The van der Waals surface area contributed by atoms with Crippen LogP contribution in [-0.2, 0) is 4.79 Å². The van der Waals surface area contributed by atoms with E-state index in [9.17, 15) is 9.90 Å². The first-order valence-electron chi connectivity index (χ1n) is 6.53. The Morgan fingerprint density at radius 1 is 1.35 bits per heavy atom. The third kappa shape index (κ3) is 3.96. The summed E-state index contributed by atoms with van der Waals surface area (Å²) >= 11 is 0. The number of carbonyl (C=O) groups excluding carboxylic acids is 1. The Labute approximate surface area is 104 Å². The number of aliphatic hydroxyl groups excluding tert-OH is 1. The van der Waals surface area contributed by atoms with E-state index in [4.69, 9.17) is 5.73 Å². The molecule has 1 rings (SSSR count). The van der Waals surface area contributed by atoms with Crippen molar-refractivity contribution in [2.24, 2.45) is 16.6 Å². The van der Waals surface area contributed by atoms with E-state index in [-0.39, 0.29) is 17.9 Å². The Balaban J connectivity index is 2.40. The molecule has 1 saturated carbocycles. The van der Waals surface area contributed by atoms with Crippen LogP contribution in [0.15, 0.2) is 0 Å². The van der Waals surface area contributed by atoms with Crippen molar-refractivity contribution >= 4 is 5.91 Å². The molecular formula is C13H26N2O2. The first-order valence-corrected chi connectivity index (χ1v) is 6.53. The summed E-state index contributed by atoms with van der Waals surface area (Å²) in [6, 6.07) is 0. The number of hydrogen-bond acceptors (Lipinski definition) is 3. The summed E-state index contributed by atoms with van der Waals surface area (Å²) in [5.41, 5.74) is 4.82. The van der Waals surface area contributed by atoms with Crippen molar-refractivity contribution in [2.75, 3.05) is 19.7 Å². The van der Waals surface area contributed by atoms with Gasteiger partial charge in [-0.15, -0.1) is 0 Å². The second kappa shape index (κ2) is 5.83. The van der Waals surface area contributed by atoms with E-state index >= 15 is 0 Å². The van der Waals surface area contributed by atoms with Gasteiger partial charge in [0.2, 0.25) is 5.91 Å². The van der Waals surface area contributed by atoms with Gasteiger partial charge >= 0.3 is 0 Å². The molecule has 0 spiro atoms. The second-order valence-corrected chi connectivity index (χ2v) is 6.07. The topological polar surface area (TPSA) is 75.3 Å². The number of amides is 1. The van der Waals surface area contributed by atoms with Crippen molar-refractivity contribution < 1.29 is 9.90 Å². The molecule has 0 aromatic rings. The fraction of sp³-hybridized carbons (Fsp3) is 0.923. The van der Waals surface area contributed by atoms with E-state index < -0.39 is 5.41 Å². The molecule has 1 aliphatic carbocycles. The number of rotatable bonds is 6. The van der Waals surface area contributed by atoms with Crippen LogP contribution >= 0.6 is 0 Å². The number of aliphatic hydroxyl groups is 1. The van der Waals surface area contributed by atoms with Crippen LogP contribution in [0.3, 0.4) is 0 Å². The molecule has 0 atom stereocenters. The summed E-state index contributed by atoms with van der Waals surface area (Å²) in [6.07, 6.45) is 5.82. The van der Waals surface area contributed by atoms with Crippen molar-refractivity contribution in [3.8, 4) is 0 Å². The van der Waals surface area contributed by atoms with Gasteiger partial charge in [-0.05, 0) is 26.7 Å². The third-order valence-electron chi connectivity index (χ3n) is 3.98. The van der Waals surface area contributed by atoms with Crippen LogP contribution in [-0.4, -0.2) is 30.7 Å². The molecule has 0 aromatic heterocycles. The Bertz CT molecular complexity index is 258. The molecule has 0 unspecified atom stereocenters. The van der Waals surface area contributed by atoms with Gasteiger partial charge in [-0.3, -0.25) is 4.79 Å². The number of carbonyl (C=O) groups is 1. The molecular weight excluding hydrogens is 216 g/mol. The zero-order chi connectivity index (χ0) is 12.9. The molecule has 4 heteroatoms. The highest BCUT2D eigenvalue weighted by Crippen LogP contribution is 2.35. The average molecular weight is 242 g/mol. The Hall–Kier alpha value is -0.610. The van der Waals surface area contributed by atoms with Gasteiger partial charge in [0, 0.05) is 25.1 Å². The summed E-state index contributed by atoms with van der Waals surface area (Å²) in [5, 5.41) is 12.9. The van der Waals surface area contributed by atoms with Crippen LogP contribution in [0.4, 0.5) is 0 Å². The van der Waals surface area contributed by atoms with Crippen molar-refractivity contribution in [3.63, 3.8) is 0 Å². The van der Waals surface area contributed by atoms with Crippen molar-refractivity contribution in [1.82, 2.24) is 5.32 Å². The third-order valence-corrected chi connectivity index (χ3v) is 3.98. The largest absolute Gasteiger partial charge is 0.396 e. The number of nitrogens with one attached hydrogen (secondary N) is 1. The molecule has 0 radical (unpaired) electrons. The fourth-order valence-corrected chi connectivity index (χ4v) is 2.42. The number of nitrogens with two attached hydrogens (primary N) is 1. The molecule has 100 valence electrons. The van der Waals surface area contributed by atoms with Crippen LogP contribution < -0.4 is 11.1 Å². The summed E-state index contributed by atoms with van der Waals surface area (Å²) in [6.45, 7) is 5.27. The van der Waals surface area contributed by atoms with Gasteiger partial charge in [0.05, 0.1) is 5.41 Å². The predicted octanol–water partition coefficient (Wildman–Crippen LogP) is 1.03. The Morgan fingerprint density at radius 3 is 2.41 bits per heavy atom. The summed E-state index contributed by atoms with van der Waals surface area (Å²) in [4.78, 5) is 11.2. The molecule has 0 saturated heterocycles. The summed E-state index contributed by atoms with van der Waals surface area (Å²) in [5.74, 6) is -0.285. The van der Waals surface area contributed by atoms with Crippen molar-refractivity contribution in [3.05, 3.63) is 0 Å². The molecule has 4 N–H and O–H groups in total. The highest BCUT2D eigenvalue weighted by molar-refractivity contribution is 5.80. The highest BCUT2D eigenvalue weighted by atomic mass is 16.3. The summed E-state index contributed by atoms with van der Waals surface area (Å²) in [7, 11) is 0. The minimum Gasteiger partial charge on any atom is -0.396 e. The normalized spacial score (nSPS) is 20.2. The minimum atomic E-state index is -0.523. The van der Waals surface area contributed by atoms with E-state index in [1.807, 2.05) is 13.8 Å². The predicted molar refractivity (Wildman–Crippen MR) is 68.4 cm³/mol. The van der Waals surface area contributed by atoms with Gasteiger partial charge in [-0.1, -0.05) is 19.3 Å². The lowest BCUT2D eigenvalue weighted by atomic mass is 9.74. The molecule has 1 aliphatic rings. The fourth-order valence-electron chi connectivity index (χ4n) is 2.42. The Kier molecular flexibility index (Phi) is 4.95. The number of primary amides is 1. The lowest BCUT2D eigenvalue weighted by molar-refractivity contribution is -0.125. The zero-order valence-electron chi connectivity index (χ0n) is 11.1. The van der Waals surface area contributed by atoms with Gasteiger partial charge in [0.15, 0.2) is 0 Å². The monoisotopic (exact) mass is 242 g/mol. The zero-order valence-corrected chi connectivity index (χ0v) is 11.1. The molecule has 0 aliphatic heterocycles. The average Bonchev–Trinajstić information content (AvgIpc) is 2.30. The molecule has 0 bridgehead atoms. The first kappa shape index (κ1) is 14.5. The van der Waals surface area contributed by atoms with Gasteiger partial charge in [-0.2, -0.15) is 0 Å². The molecule has 1 fully saturated rings. The highest BCUT2D eigenvalue weighted by Gasteiger charge is 2.32. The molecule has 17 heavy (non-hydrogen) atoms. The van der Waals surface area contributed by atoms with Gasteiger partial charge in [-0.25, -0.2) is 0 Å². The maximum absolute atomic E-state index is 11.2. The molecule has 0 heterocycles. The van der Waals surface area contributed by atoms with Gasteiger partial charge < -0.3 is 16.2 Å². The van der Waals surface area contributed by atoms with Gasteiger partial charge in [0.25, 0.3) is 0 Å². The van der Waals surface area contributed by atoms with Crippen LogP contribution in [0.1, 0.15) is 46.0 Å². The van der Waals surface area contributed by atoms with E-state index in [2.05, 4.69) is 5.32 Å². The van der Waals surface area contributed by atoms with Crippen LogP contribution in [0.5, 0.6) is 0 Å². The van der Waals surface area contributed by atoms with E-state index in [0.29, 0.717) is 6.54 Å². The lowest BCUT2D eigenvalue weighted by Crippen LogP contribution is -2.45. The van der Waals surface area contributed by atoms with E-state index in [0.717, 1.165) is 19.4 Å². The maximum atomic E-state index is 11.2. The SMILES string of the molecule is CC(C)(CNCC1(CO)CCCCC1)C(N)=O. The van der Waals surface area contributed by atoms with Gasteiger partial charge in [0.1, 0.15) is 0 Å². The van der Waals surface area contributed by atoms with Crippen LogP contribution in [0.2, 0.25) is 0 Å². The van der Waals surface area contributed by atoms with E-state index in [1.54, 1.807) is 0 Å². The quantitative estimate of drug-likeness (QED) is 0.651. The first-order chi connectivity index (χ1) is 7.92. The molecule has 4 nitrogen and oxygen atoms in total. The van der Waals surface area contributed by atoms with Crippen LogP contribution in [0, 0.1) is 10.8 Å². The number of hydrogen-bond donors (Lipinski definition) is 3. The smallest absolute Gasteiger partial charge is 0.224 e. The molecule has 1 amide bonds. The minimum absolute atomic E-state index is 0.0198. The van der Waals surface area contributed by atoms with E-state index in [1.165, 1.54) is 19.3 Å². The lowest BCUT2D eigenvalue weighted by Gasteiger charge is -2.36. The van der Waals surface area contributed by atoms with Crippen molar-refractivity contribution in [2.45, 2.75) is 46.0 Å². The summed E-state index contributed by atoms with van der Waals surface area (Å²) < 4.78 is 0. The maximum Gasteiger partial charge on any atom is 0.224 e. The Morgan fingerprint density at radius 2 is 1.94 bits per heavy atom. The van der Waals surface area contributed by atoms with Crippen molar-refractivity contribution in [1.29, 1.82) is 0 Å².